The van der Waals surface area contributed by atoms with Crippen molar-refractivity contribution in [2.24, 2.45) is 0 Å². The first-order chi connectivity index (χ1) is 19.8. The summed E-state index contributed by atoms with van der Waals surface area (Å²) in [5.74, 6) is -1.51. The van der Waals surface area contributed by atoms with Crippen LogP contribution in [0.4, 0.5) is 11.4 Å². The number of Topliss-reactive ketones (excluding diaryl/α,β-unsaturated/α-hetero) is 1. The van der Waals surface area contributed by atoms with Crippen molar-refractivity contribution >= 4 is 35.0 Å². The van der Waals surface area contributed by atoms with Gasteiger partial charge in [0.05, 0.1) is 43.6 Å². The minimum atomic E-state index is -1.09. The van der Waals surface area contributed by atoms with E-state index in [1.807, 2.05) is 36.4 Å². The van der Waals surface area contributed by atoms with Crippen LogP contribution in [-0.2, 0) is 19.1 Å². The molecule has 1 amide bonds. The number of nitrogens with one attached hydrogen (secondary N) is 1. The van der Waals surface area contributed by atoms with Gasteiger partial charge in [0, 0.05) is 24.1 Å². The largest absolute Gasteiger partial charge is 0.497 e. The molecule has 210 valence electrons. The van der Waals surface area contributed by atoms with E-state index >= 15 is 0 Å². The molecular weight excluding hydrogens is 524 g/mol. The van der Waals surface area contributed by atoms with Crippen LogP contribution in [0.15, 0.2) is 84.1 Å². The second-order valence-corrected chi connectivity index (χ2v) is 10.0. The highest BCUT2D eigenvalue weighted by Crippen LogP contribution is 2.47. The SMILES string of the molecule is COC(=O)c1ccc([C@H]2C3=C(C[C@@H](c4ccc(OC)cc4)CC3=O)Nc3ccccc3N2C(=O)CCC(=O)O)cc1. The Labute approximate surface area is 237 Å². The molecule has 0 bridgehead atoms. The molecule has 0 saturated carbocycles. The Morgan fingerprint density at radius 2 is 1.59 bits per heavy atom. The molecule has 0 saturated heterocycles. The van der Waals surface area contributed by atoms with Crippen molar-refractivity contribution < 1.29 is 33.8 Å². The molecule has 0 unspecified atom stereocenters. The Balaban J connectivity index is 1.65. The lowest BCUT2D eigenvalue weighted by molar-refractivity contribution is -0.138. The molecule has 1 aliphatic carbocycles. The lowest BCUT2D eigenvalue weighted by Gasteiger charge is -2.35. The van der Waals surface area contributed by atoms with Crippen molar-refractivity contribution in [3.8, 4) is 5.75 Å². The van der Waals surface area contributed by atoms with Gasteiger partial charge in [-0.1, -0.05) is 36.4 Å². The Bertz CT molecular complexity index is 1530. The molecule has 5 rings (SSSR count). The van der Waals surface area contributed by atoms with E-state index in [4.69, 9.17) is 9.47 Å². The number of carboxylic acid groups (broad SMARTS) is 1. The van der Waals surface area contributed by atoms with E-state index in [9.17, 15) is 24.3 Å². The lowest BCUT2D eigenvalue weighted by atomic mass is 9.78. The number of carbonyl (C=O) groups excluding carboxylic acids is 3. The van der Waals surface area contributed by atoms with Gasteiger partial charge in [0.1, 0.15) is 5.75 Å². The zero-order valence-corrected chi connectivity index (χ0v) is 22.8. The third kappa shape index (κ3) is 5.56. The van der Waals surface area contributed by atoms with Crippen LogP contribution in [0.1, 0.15) is 59.1 Å². The van der Waals surface area contributed by atoms with Crippen LogP contribution in [0.3, 0.4) is 0 Å². The van der Waals surface area contributed by atoms with E-state index in [0.29, 0.717) is 40.2 Å². The van der Waals surface area contributed by atoms with Crippen LogP contribution < -0.4 is 15.0 Å². The molecule has 2 aliphatic rings. The summed E-state index contributed by atoms with van der Waals surface area (Å²) in [6, 6.07) is 20.7. The molecule has 2 atom stereocenters. The standard InChI is InChI=1S/C32H30N2O7/c1-40-23-13-11-19(12-14-23)22-17-25-30(27(35)18-22)31(20-7-9-21(10-8-20)32(39)41-2)34(28(36)15-16-29(37)38)26-6-4-3-5-24(26)33-25/h3-14,22,31,33H,15-18H2,1-2H3,(H,37,38)/t22-,31+/m1/s1. The highest BCUT2D eigenvalue weighted by molar-refractivity contribution is 6.06. The summed E-state index contributed by atoms with van der Waals surface area (Å²) in [5, 5.41) is 12.8. The van der Waals surface area contributed by atoms with Crippen molar-refractivity contribution in [1.82, 2.24) is 0 Å². The highest BCUT2D eigenvalue weighted by atomic mass is 16.5. The highest BCUT2D eigenvalue weighted by Gasteiger charge is 2.41. The number of methoxy groups -OCH3 is 2. The topological polar surface area (TPSA) is 122 Å². The number of hydrogen-bond acceptors (Lipinski definition) is 7. The number of rotatable bonds is 7. The van der Waals surface area contributed by atoms with Gasteiger partial charge in [-0.05, 0) is 59.9 Å². The summed E-state index contributed by atoms with van der Waals surface area (Å²) >= 11 is 0. The van der Waals surface area contributed by atoms with E-state index in [0.717, 1.165) is 11.3 Å². The molecule has 41 heavy (non-hydrogen) atoms. The molecule has 3 aromatic rings. The van der Waals surface area contributed by atoms with Crippen LogP contribution in [0, 0.1) is 0 Å². The minimum Gasteiger partial charge on any atom is -0.497 e. The van der Waals surface area contributed by atoms with Gasteiger partial charge in [-0.2, -0.15) is 0 Å². The van der Waals surface area contributed by atoms with Gasteiger partial charge in [0.25, 0.3) is 0 Å². The number of benzene rings is 3. The molecule has 9 heteroatoms. The quantitative estimate of drug-likeness (QED) is 0.380. The Morgan fingerprint density at radius 1 is 0.902 bits per heavy atom. The number of allylic oxidation sites excluding steroid dienone is 1. The van der Waals surface area contributed by atoms with Crippen LogP contribution >= 0.6 is 0 Å². The number of carboxylic acids is 1. The monoisotopic (exact) mass is 554 g/mol. The van der Waals surface area contributed by atoms with Crippen molar-refractivity contribution in [3.63, 3.8) is 0 Å². The van der Waals surface area contributed by atoms with Gasteiger partial charge >= 0.3 is 11.9 Å². The van der Waals surface area contributed by atoms with E-state index in [2.05, 4.69) is 5.32 Å². The van der Waals surface area contributed by atoms with Crippen molar-refractivity contribution in [1.29, 1.82) is 0 Å². The molecule has 0 radical (unpaired) electrons. The number of esters is 1. The zero-order valence-electron chi connectivity index (χ0n) is 22.8. The van der Waals surface area contributed by atoms with Crippen LogP contribution in [-0.4, -0.2) is 43.0 Å². The predicted octanol–water partition coefficient (Wildman–Crippen LogP) is 5.25. The maximum absolute atomic E-state index is 14.0. The fraction of sp³-hybridized carbons (Fsp3) is 0.250. The molecule has 1 aliphatic heterocycles. The summed E-state index contributed by atoms with van der Waals surface area (Å²) in [4.78, 5) is 52.8. The second kappa shape index (κ2) is 11.7. The fourth-order valence-electron chi connectivity index (χ4n) is 5.55. The smallest absolute Gasteiger partial charge is 0.337 e. The maximum atomic E-state index is 14.0. The van der Waals surface area contributed by atoms with E-state index in [-0.39, 0.29) is 31.0 Å². The number of hydrogen-bond donors (Lipinski definition) is 2. The van der Waals surface area contributed by atoms with Gasteiger partial charge in [-0.15, -0.1) is 0 Å². The predicted molar refractivity (Wildman–Crippen MR) is 152 cm³/mol. The van der Waals surface area contributed by atoms with Crippen LogP contribution in [0.5, 0.6) is 5.75 Å². The van der Waals surface area contributed by atoms with E-state index < -0.39 is 23.9 Å². The molecule has 2 N–H and O–H groups in total. The Hall–Kier alpha value is -4.92. The van der Waals surface area contributed by atoms with Crippen LogP contribution in [0.25, 0.3) is 0 Å². The number of fused-ring (bicyclic) bond motifs is 1. The molecule has 9 nitrogen and oxygen atoms in total. The average Bonchev–Trinajstić information content (AvgIpc) is 3.14. The van der Waals surface area contributed by atoms with Crippen LogP contribution in [0.2, 0.25) is 0 Å². The number of anilines is 2. The second-order valence-electron chi connectivity index (χ2n) is 10.0. The molecule has 1 heterocycles. The van der Waals surface area contributed by atoms with Gasteiger partial charge < -0.3 is 19.9 Å². The summed E-state index contributed by atoms with van der Waals surface area (Å²) < 4.78 is 10.1. The Morgan fingerprint density at radius 3 is 2.24 bits per heavy atom. The van der Waals surface area contributed by atoms with Gasteiger partial charge in [0.2, 0.25) is 5.91 Å². The number of ketones is 1. The summed E-state index contributed by atoms with van der Waals surface area (Å²) in [6.07, 6.45) is 0.163. The third-order valence-corrected chi connectivity index (χ3v) is 7.54. The first-order valence-corrected chi connectivity index (χ1v) is 13.3. The Kier molecular flexibility index (Phi) is 7.87. The van der Waals surface area contributed by atoms with Crippen molar-refractivity contribution in [3.05, 3.63) is 101 Å². The van der Waals surface area contributed by atoms with Crippen molar-refractivity contribution in [2.45, 2.75) is 37.6 Å². The lowest BCUT2D eigenvalue weighted by Crippen LogP contribution is -2.38. The zero-order chi connectivity index (χ0) is 29.1. The summed E-state index contributed by atoms with van der Waals surface area (Å²) in [5.41, 5.74) is 4.26. The van der Waals surface area contributed by atoms with E-state index in [1.165, 1.54) is 12.0 Å². The fourth-order valence-corrected chi connectivity index (χ4v) is 5.55. The number of amides is 1. The molecule has 0 fully saturated rings. The van der Waals surface area contributed by atoms with Crippen molar-refractivity contribution in [2.75, 3.05) is 24.4 Å². The summed E-state index contributed by atoms with van der Waals surface area (Å²) in [6.45, 7) is 0. The molecule has 0 spiro atoms. The number of para-hydroxylation sites is 2. The van der Waals surface area contributed by atoms with Gasteiger partial charge in [0.15, 0.2) is 5.78 Å². The number of nitrogens with zero attached hydrogens (tertiary/aromatic N) is 1. The third-order valence-electron chi connectivity index (χ3n) is 7.54. The minimum absolute atomic E-state index is 0.0940. The van der Waals surface area contributed by atoms with Gasteiger partial charge in [-0.3, -0.25) is 19.3 Å². The van der Waals surface area contributed by atoms with Gasteiger partial charge in [-0.25, -0.2) is 4.79 Å². The molecule has 3 aromatic carbocycles. The van der Waals surface area contributed by atoms with E-state index in [1.54, 1.807) is 43.5 Å². The molecular formula is C32H30N2O7. The number of aliphatic carboxylic acids is 1. The number of carbonyl (C=O) groups is 4. The summed E-state index contributed by atoms with van der Waals surface area (Å²) in [7, 11) is 2.90. The number of ether oxygens (including phenoxy) is 2. The first-order valence-electron chi connectivity index (χ1n) is 13.3. The maximum Gasteiger partial charge on any atom is 0.337 e. The first kappa shape index (κ1) is 27.6. The average molecular weight is 555 g/mol. The molecule has 0 aromatic heterocycles. The normalized spacial score (nSPS) is 18.0.